The predicted octanol–water partition coefficient (Wildman–Crippen LogP) is 5.05. The van der Waals surface area contributed by atoms with Crippen LogP contribution >= 0.6 is 35.0 Å². The Hall–Kier alpha value is -2.02. The summed E-state index contributed by atoms with van der Waals surface area (Å²) in [4.78, 5) is 12.9. The fraction of sp³-hybridized carbons (Fsp3) is 0.211. The fourth-order valence-corrected chi connectivity index (χ4v) is 4.19. The summed E-state index contributed by atoms with van der Waals surface area (Å²) in [5, 5.41) is 11.2. The smallest absolute Gasteiger partial charge is 0.262 e. The number of hydrogen-bond donors (Lipinski definition) is 0. The van der Waals surface area contributed by atoms with Crippen molar-refractivity contribution in [3.05, 3.63) is 68.4 Å². The molecular formula is C19H16Cl2N4OS. The van der Waals surface area contributed by atoms with Crippen LogP contribution in [0.4, 0.5) is 0 Å². The van der Waals surface area contributed by atoms with Gasteiger partial charge in [-0.1, -0.05) is 54.0 Å². The number of aryl methyl sites for hydroxylation is 1. The van der Waals surface area contributed by atoms with Crippen molar-refractivity contribution in [1.82, 2.24) is 19.2 Å². The highest BCUT2D eigenvalue weighted by Crippen LogP contribution is 2.26. The van der Waals surface area contributed by atoms with Crippen LogP contribution in [0.15, 0.2) is 52.4 Å². The van der Waals surface area contributed by atoms with Gasteiger partial charge in [0.25, 0.3) is 5.56 Å². The van der Waals surface area contributed by atoms with Crippen LogP contribution in [0.3, 0.4) is 0 Å². The third-order valence-electron chi connectivity index (χ3n) is 4.26. The molecule has 0 saturated heterocycles. The Balaban J connectivity index is 1.86. The number of benzene rings is 2. The molecule has 138 valence electrons. The molecule has 2 heterocycles. The van der Waals surface area contributed by atoms with Gasteiger partial charge in [0.1, 0.15) is 0 Å². The lowest BCUT2D eigenvalue weighted by atomic mass is 10.2. The first-order chi connectivity index (χ1) is 13.1. The van der Waals surface area contributed by atoms with Crippen LogP contribution < -0.4 is 5.56 Å². The fourth-order valence-electron chi connectivity index (χ4n) is 3.00. The van der Waals surface area contributed by atoms with Crippen LogP contribution in [0.2, 0.25) is 10.0 Å². The zero-order chi connectivity index (χ0) is 19.0. The van der Waals surface area contributed by atoms with E-state index in [2.05, 4.69) is 10.2 Å². The summed E-state index contributed by atoms with van der Waals surface area (Å²) in [5.41, 5.74) is 1.78. The number of thioether (sulfide) groups is 1. The normalized spacial score (nSPS) is 11.5. The monoisotopic (exact) mass is 418 g/mol. The van der Waals surface area contributed by atoms with Crippen LogP contribution in [-0.4, -0.2) is 19.2 Å². The quantitative estimate of drug-likeness (QED) is 0.425. The zero-order valence-electron chi connectivity index (χ0n) is 14.5. The van der Waals surface area contributed by atoms with Gasteiger partial charge in [-0.2, -0.15) is 0 Å². The number of hydrogen-bond acceptors (Lipinski definition) is 4. The Morgan fingerprint density at radius 3 is 2.52 bits per heavy atom. The van der Waals surface area contributed by atoms with Crippen molar-refractivity contribution in [2.24, 2.45) is 0 Å². The van der Waals surface area contributed by atoms with Gasteiger partial charge in [0.15, 0.2) is 5.16 Å². The molecule has 27 heavy (non-hydrogen) atoms. The Morgan fingerprint density at radius 1 is 1.04 bits per heavy atom. The molecule has 0 fully saturated rings. The van der Waals surface area contributed by atoms with Crippen LogP contribution in [0.1, 0.15) is 18.9 Å². The second-order valence-electron chi connectivity index (χ2n) is 6.15. The lowest BCUT2D eigenvalue weighted by molar-refractivity contribution is 0.662. The summed E-state index contributed by atoms with van der Waals surface area (Å²) < 4.78 is 3.59. The molecule has 4 aromatic rings. The third kappa shape index (κ3) is 3.45. The molecule has 2 aromatic carbocycles. The molecule has 0 aliphatic rings. The van der Waals surface area contributed by atoms with Crippen LogP contribution in [0.5, 0.6) is 0 Å². The molecule has 0 unspecified atom stereocenters. The summed E-state index contributed by atoms with van der Waals surface area (Å²) in [7, 11) is 0. The van der Waals surface area contributed by atoms with E-state index < -0.39 is 0 Å². The van der Waals surface area contributed by atoms with Crippen molar-refractivity contribution in [1.29, 1.82) is 0 Å². The van der Waals surface area contributed by atoms with Crippen LogP contribution in [-0.2, 0) is 12.3 Å². The molecule has 0 atom stereocenters. The van der Waals surface area contributed by atoms with E-state index in [1.54, 1.807) is 34.5 Å². The molecule has 5 nitrogen and oxygen atoms in total. The molecule has 0 radical (unpaired) electrons. The van der Waals surface area contributed by atoms with E-state index >= 15 is 0 Å². The second kappa shape index (κ2) is 7.54. The van der Waals surface area contributed by atoms with E-state index in [1.165, 1.54) is 0 Å². The first-order valence-electron chi connectivity index (χ1n) is 8.53. The number of aromatic nitrogens is 4. The molecule has 2 aromatic heterocycles. The van der Waals surface area contributed by atoms with Gasteiger partial charge in [0, 0.05) is 22.3 Å². The minimum Gasteiger partial charge on any atom is -0.276 e. The Bertz CT molecular complexity index is 1180. The molecule has 4 rings (SSSR count). The molecule has 8 heteroatoms. The maximum absolute atomic E-state index is 12.9. The number of rotatable bonds is 5. The van der Waals surface area contributed by atoms with E-state index in [9.17, 15) is 4.79 Å². The standard InChI is InChI=1S/C19H16Cl2N4OS/c1-2-9-24-17(26)15-8-7-14(21)10-16(15)25-18(24)22-23-19(25)27-11-12-3-5-13(20)6-4-12/h3-8,10H,2,9,11H2,1H3. The van der Waals surface area contributed by atoms with Crippen molar-refractivity contribution in [3.8, 4) is 0 Å². The first kappa shape index (κ1) is 18.3. The molecule has 0 amide bonds. The largest absolute Gasteiger partial charge is 0.276 e. The van der Waals surface area contributed by atoms with Gasteiger partial charge in [0.2, 0.25) is 5.78 Å². The Labute approximate surface area is 169 Å². The summed E-state index contributed by atoms with van der Waals surface area (Å²) >= 11 is 13.7. The molecule has 0 saturated carbocycles. The van der Waals surface area contributed by atoms with Crippen molar-refractivity contribution in [3.63, 3.8) is 0 Å². The lowest BCUT2D eigenvalue weighted by Gasteiger charge is -2.10. The van der Waals surface area contributed by atoms with Crippen molar-refractivity contribution in [2.75, 3.05) is 0 Å². The van der Waals surface area contributed by atoms with Gasteiger partial charge in [-0.25, -0.2) is 0 Å². The van der Waals surface area contributed by atoms with Gasteiger partial charge in [0.05, 0.1) is 10.9 Å². The van der Waals surface area contributed by atoms with Gasteiger partial charge >= 0.3 is 0 Å². The minimum absolute atomic E-state index is 0.0716. The maximum atomic E-state index is 12.9. The predicted molar refractivity (Wildman–Crippen MR) is 111 cm³/mol. The summed E-state index contributed by atoms with van der Waals surface area (Å²) in [6.07, 6.45) is 0.828. The van der Waals surface area contributed by atoms with Crippen molar-refractivity contribution in [2.45, 2.75) is 30.8 Å². The molecule has 0 aliphatic heterocycles. The first-order valence-corrected chi connectivity index (χ1v) is 10.3. The highest BCUT2D eigenvalue weighted by molar-refractivity contribution is 7.98. The van der Waals surface area contributed by atoms with Gasteiger partial charge in [-0.15, -0.1) is 10.2 Å². The Morgan fingerprint density at radius 2 is 1.78 bits per heavy atom. The summed E-state index contributed by atoms with van der Waals surface area (Å²) in [6.45, 7) is 2.61. The van der Waals surface area contributed by atoms with Gasteiger partial charge in [-0.05, 0) is 42.3 Å². The maximum Gasteiger partial charge on any atom is 0.262 e. The molecular weight excluding hydrogens is 403 g/mol. The van der Waals surface area contributed by atoms with E-state index in [0.29, 0.717) is 33.5 Å². The van der Waals surface area contributed by atoms with Crippen LogP contribution in [0, 0.1) is 0 Å². The van der Waals surface area contributed by atoms with E-state index in [-0.39, 0.29) is 5.56 Å². The van der Waals surface area contributed by atoms with Gasteiger partial charge < -0.3 is 0 Å². The number of halogens is 2. The second-order valence-corrected chi connectivity index (χ2v) is 7.97. The summed E-state index contributed by atoms with van der Waals surface area (Å²) in [5.74, 6) is 1.25. The summed E-state index contributed by atoms with van der Waals surface area (Å²) in [6, 6.07) is 13.0. The zero-order valence-corrected chi connectivity index (χ0v) is 16.9. The van der Waals surface area contributed by atoms with E-state index in [4.69, 9.17) is 23.2 Å². The average Bonchev–Trinajstić information content (AvgIpc) is 3.08. The topological polar surface area (TPSA) is 52.2 Å². The third-order valence-corrected chi connectivity index (χ3v) is 5.75. The van der Waals surface area contributed by atoms with Gasteiger partial charge in [-0.3, -0.25) is 13.8 Å². The SMILES string of the molecule is CCCn1c(=O)c2ccc(Cl)cc2n2c(SCc3ccc(Cl)cc3)nnc12. The molecule has 0 spiro atoms. The number of fused-ring (bicyclic) bond motifs is 3. The van der Waals surface area contributed by atoms with Crippen molar-refractivity contribution < 1.29 is 0 Å². The van der Waals surface area contributed by atoms with E-state index in [0.717, 1.165) is 22.7 Å². The minimum atomic E-state index is -0.0716. The van der Waals surface area contributed by atoms with E-state index in [1.807, 2.05) is 35.6 Å². The van der Waals surface area contributed by atoms with Crippen molar-refractivity contribution >= 4 is 51.6 Å². The van der Waals surface area contributed by atoms with Crippen LogP contribution in [0.25, 0.3) is 16.7 Å². The Kier molecular flexibility index (Phi) is 5.12. The molecule has 0 aliphatic carbocycles. The lowest BCUT2D eigenvalue weighted by Crippen LogP contribution is -2.23. The number of nitrogens with zero attached hydrogens (tertiary/aromatic N) is 4. The average molecular weight is 419 g/mol. The highest BCUT2D eigenvalue weighted by atomic mass is 35.5. The molecule has 0 bridgehead atoms. The molecule has 0 N–H and O–H groups in total. The highest BCUT2D eigenvalue weighted by Gasteiger charge is 2.17.